The van der Waals surface area contributed by atoms with Gasteiger partial charge in [-0.05, 0) is 70.7 Å². The van der Waals surface area contributed by atoms with Crippen LogP contribution in [0.5, 0.6) is 0 Å². The lowest BCUT2D eigenvalue weighted by Crippen LogP contribution is -2.47. The van der Waals surface area contributed by atoms with Crippen LogP contribution in [0.1, 0.15) is 45.1 Å². The lowest BCUT2D eigenvalue weighted by molar-refractivity contribution is 0.165. The molecule has 2 aliphatic rings. The van der Waals surface area contributed by atoms with Crippen LogP contribution in [0.4, 0.5) is 5.69 Å². The minimum absolute atomic E-state index is 0.727. The molecule has 25 heavy (non-hydrogen) atoms. The first-order valence-corrected chi connectivity index (χ1v) is 10.0. The van der Waals surface area contributed by atoms with E-state index in [1.165, 1.54) is 68.7 Å². The topological polar surface area (TPSA) is 15.7 Å². The average Bonchev–Trinajstić information content (AvgIpc) is 3.16. The number of likely N-dealkylation sites (tertiary alicyclic amines) is 1. The van der Waals surface area contributed by atoms with E-state index in [-0.39, 0.29) is 0 Å². The number of hydrogen-bond acceptors (Lipinski definition) is 3. The van der Waals surface area contributed by atoms with Gasteiger partial charge in [-0.15, -0.1) is 0 Å². The molecule has 1 unspecified atom stereocenters. The van der Waals surface area contributed by atoms with Crippen molar-refractivity contribution in [2.45, 2.75) is 52.0 Å². The molecular formula is C22H34N2O. The van der Waals surface area contributed by atoms with Crippen LogP contribution in [-0.2, 0) is 11.2 Å². The summed E-state index contributed by atoms with van der Waals surface area (Å²) in [6.07, 6.45) is 8.60. The van der Waals surface area contributed by atoms with E-state index in [1.807, 2.05) is 0 Å². The lowest BCUT2D eigenvalue weighted by Gasteiger charge is -2.39. The maximum Gasteiger partial charge on any atom is 0.0650 e. The fourth-order valence-corrected chi connectivity index (χ4v) is 4.10. The van der Waals surface area contributed by atoms with E-state index in [1.54, 1.807) is 0 Å². The van der Waals surface area contributed by atoms with Gasteiger partial charge in [-0.1, -0.05) is 29.8 Å². The zero-order valence-corrected chi connectivity index (χ0v) is 16.0. The summed E-state index contributed by atoms with van der Waals surface area (Å²) in [6.45, 7) is 10.7. The number of ether oxygens (including phenoxy) is 1. The van der Waals surface area contributed by atoms with Gasteiger partial charge in [0.25, 0.3) is 0 Å². The predicted molar refractivity (Wildman–Crippen MR) is 106 cm³/mol. The monoisotopic (exact) mass is 342 g/mol. The molecule has 1 aromatic rings. The Bertz CT molecular complexity index is 559. The van der Waals surface area contributed by atoms with Crippen LogP contribution in [0.15, 0.2) is 35.9 Å². The molecule has 1 atom stereocenters. The maximum absolute atomic E-state index is 5.79. The van der Waals surface area contributed by atoms with Gasteiger partial charge in [-0.2, -0.15) is 0 Å². The summed E-state index contributed by atoms with van der Waals surface area (Å²) >= 11 is 0. The minimum atomic E-state index is 0.727. The average molecular weight is 343 g/mol. The first-order valence-electron chi connectivity index (χ1n) is 10.0. The molecule has 2 fully saturated rings. The van der Waals surface area contributed by atoms with E-state index >= 15 is 0 Å². The highest BCUT2D eigenvalue weighted by molar-refractivity contribution is 5.54. The molecule has 2 saturated heterocycles. The van der Waals surface area contributed by atoms with Gasteiger partial charge < -0.3 is 9.64 Å². The third-order valence-electron chi connectivity index (χ3n) is 5.51. The number of nitrogens with zero attached hydrogens (tertiary/aromatic N) is 2. The van der Waals surface area contributed by atoms with Crippen molar-refractivity contribution in [2.75, 3.05) is 44.3 Å². The molecule has 0 spiro atoms. The highest BCUT2D eigenvalue weighted by Gasteiger charge is 2.27. The Balaban J connectivity index is 1.58. The first-order chi connectivity index (χ1) is 12.2. The SMILES string of the molecule is CC(C)=CCOCCc1ccccc1N1CCCC(N2CCCC2)C1. The Morgan fingerprint density at radius 3 is 2.72 bits per heavy atom. The second kappa shape index (κ2) is 9.40. The third kappa shape index (κ3) is 5.32. The number of anilines is 1. The van der Waals surface area contributed by atoms with Gasteiger partial charge in [0, 0.05) is 24.8 Å². The van der Waals surface area contributed by atoms with Crippen molar-refractivity contribution in [3.8, 4) is 0 Å². The Morgan fingerprint density at radius 1 is 1.12 bits per heavy atom. The van der Waals surface area contributed by atoms with Crippen molar-refractivity contribution in [1.29, 1.82) is 0 Å². The van der Waals surface area contributed by atoms with Gasteiger partial charge in [-0.25, -0.2) is 0 Å². The number of rotatable bonds is 7. The van der Waals surface area contributed by atoms with Crippen LogP contribution >= 0.6 is 0 Å². The second-order valence-electron chi connectivity index (χ2n) is 7.72. The normalized spacial score (nSPS) is 21.5. The number of allylic oxidation sites excluding steroid dienone is 1. The van der Waals surface area contributed by atoms with E-state index in [9.17, 15) is 0 Å². The first kappa shape index (κ1) is 18.5. The van der Waals surface area contributed by atoms with Gasteiger partial charge in [0.1, 0.15) is 0 Å². The Kier molecular flexibility index (Phi) is 6.94. The molecule has 0 amide bonds. The van der Waals surface area contributed by atoms with Crippen molar-refractivity contribution in [2.24, 2.45) is 0 Å². The summed E-state index contributed by atoms with van der Waals surface area (Å²) < 4.78 is 5.79. The summed E-state index contributed by atoms with van der Waals surface area (Å²) in [6, 6.07) is 9.67. The van der Waals surface area contributed by atoms with Crippen LogP contribution in [0.3, 0.4) is 0 Å². The molecule has 0 aromatic heterocycles. The maximum atomic E-state index is 5.79. The third-order valence-corrected chi connectivity index (χ3v) is 5.51. The van der Waals surface area contributed by atoms with Crippen molar-refractivity contribution >= 4 is 5.69 Å². The van der Waals surface area contributed by atoms with Crippen LogP contribution < -0.4 is 4.90 Å². The van der Waals surface area contributed by atoms with E-state index in [0.717, 1.165) is 25.7 Å². The Morgan fingerprint density at radius 2 is 1.92 bits per heavy atom. The molecule has 2 heterocycles. The molecule has 3 nitrogen and oxygen atoms in total. The quantitative estimate of drug-likeness (QED) is 0.543. The van der Waals surface area contributed by atoms with Crippen LogP contribution in [0, 0.1) is 0 Å². The highest BCUT2D eigenvalue weighted by atomic mass is 16.5. The highest BCUT2D eigenvalue weighted by Crippen LogP contribution is 2.27. The zero-order valence-electron chi connectivity index (χ0n) is 16.0. The van der Waals surface area contributed by atoms with Gasteiger partial charge in [0.15, 0.2) is 0 Å². The summed E-state index contributed by atoms with van der Waals surface area (Å²) in [5.74, 6) is 0. The summed E-state index contributed by atoms with van der Waals surface area (Å²) in [4.78, 5) is 5.34. The minimum Gasteiger partial charge on any atom is -0.377 e. The van der Waals surface area contributed by atoms with Crippen LogP contribution in [-0.4, -0.2) is 50.3 Å². The fraction of sp³-hybridized carbons (Fsp3) is 0.636. The molecule has 0 radical (unpaired) electrons. The zero-order chi connectivity index (χ0) is 17.5. The molecule has 1 aromatic carbocycles. The summed E-state index contributed by atoms with van der Waals surface area (Å²) in [7, 11) is 0. The number of para-hydroxylation sites is 1. The van der Waals surface area contributed by atoms with Crippen molar-refractivity contribution in [3.63, 3.8) is 0 Å². The Labute approximate surface area is 153 Å². The molecule has 3 heteroatoms. The van der Waals surface area contributed by atoms with E-state index < -0.39 is 0 Å². The van der Waals surface area contributed by atoms with Gasteiger partial charge in [0.2, 0.25) is 0 Å². The number of hydrogen-bond donors (Lipinski definition) is 0. The van der Waals surface area contributed by atoms with Crippen molar-refractivity contribution in [1.82, 2.24) is 4.90 Å². The molecule has 0 bridgehead atoms. The number of benzene rings is 1. The van der Waals surface area contributed by atoms with Crippen molar-refractivity contribution in [3.05, 3.63) is 41.5 Å². The molecular weight excluding hydrogens is 308 g/mol. The van der Waals surface area contributed by atoms with Crippen LogP contribution in [0.25, 0.3) is 0 Å². The molecule has 2 aliphatic heterocycles. The van der Waals surface area contributed by atoms with Gasteiger partial charge in [-0.3, -0.25) is 4.90 Å². The molecule has 0 aliphatic carbocycles. The van der Waals surface area contributed by atoms with Crippen LogP contribution in [0.2, 0.25) is 0 Å². The summed E-state index contributed by atoms with van der Waals surface area (Å²) in [5.41, 5.74) is 4.18. The molecule has 0 saturated carbocycles. The standard InChI is InChI=1S/C22H34N2O/c1-19(2)11-16-25-17-12-20-8-3-4-10-22(20)24-15-7-9-21(18-24)23-13-5-6-14-23/h3-4,8,10-11,21H,5-7,9,12-18H2,1-2H3. The smallest absolute Gasteiger partial charge is 0.0650 e. The molecule has 3 rings (SSSR count). The van der Waals surface area contributed by atoms with E-state index in [4.69, 9.17) is 4.74 Å². The van der Waals surface area contributed by atoms with Gasteiger partial charge in [0.05, 0.1) is 13.2 Å². The Hall–Kier alpha value is -1.32. The second-order valence-corrected chi connectivity index (χ2v) is 7.72. The fourth-order valence-electron chi connectivity index (χ4n) is 4.10. The lowest BCUT2D eigenvalue weighted by atomic mass is 10.0. The van der Waals surface area contributed by atoms with E-state index in [2.05, 4.69) is 54.0 Å². The van der Waals surface area contributed by atoms with Gasteiger partial charge >= 0.3 is 0 Å². The van der Waals surface area contributed by atoms with Crippen molar-refractivity contribution < 1.29 is 4.74 Å². The largest absolute Gasteiger partial charge is 0.377 e. The summed E-state index contributed by atoms with van der Waals surface area (Å²) in [5, 5.41) is 0. The molecule has 138 valence electrons. The van der Waals surface area contributed by atoms with E-state index in [0.29, 0.717) is 0 Å². The number of piperidine rings is 1. The molecule has 0 N–H and O–H groups in total. The predicted octanol–water partition coefficient (Wildman–Crippen LogP) is 4.28.